The van der Waals surface area contributed by atoms with Crippen LogP contribution in [0.25, 0.3) is 0 Å². The highest BCUT2D eigenvalue weighted by Gasteiger charge is 2.36. The summed E-state index contributed by atoms with van der Waals surface area (Å²) >= 11 is 1.91. The Morgan fingerprint density at radius 3 is 2.45 bits per heavy atom. The molecule has 0 atom stereocenters. The number of hydrogen-bond donors (Lipinski definition) is 1. The number of hydrogen-bond acceptors (Lipinski definition) is 4. The predicted octanol–water partition coefficient (Wildman–Crippen LogP) is 2.28. The lowest BCUT2D eigenvalue weighted by Gasteiger charge is -2.47. The van der Waals surface area contributed by atoms with E-state index in [1.54, 1.807) is 0 Å². The maximum Gasteiger partial charge on any atom is 0.0366 e. The SMILES string of the molecule is CSCCN(C)C1(CN)CCN(c2ccccc2)CC1. The summed E-state index contributed by atoms with van der Waals surface area (Å²) in [6.45, 7) is 4.10. The average molecular weight is 293 g/mol. The number of piperidine rings is 1. The zero-order chi connectivity index (χ0) is 14.4. The van der Waals surface area contributed by atoms with Crippen LogP contribution in [0.15, 0.2) is 30.3 Å². The fourth-order valence-corrected chi connectivity index (χ4v) is 3.48. The molecule has 0 bridgehead atoms. The third-order valence-corrected chi connectivity index (χ3v) is 5.23. The molecule has 0 spiro atoms. The average Bonchev–Trinajstić information content (AvgIpc) is 2.53. The molecular weight excluding hydrogens is 266 g/mol. The van der Waals surface area contributed by atoms with Crippen molar-refractivity contribution in [1.29, 1.82) is 0 Å². The van der Waals surface area contributed by atoms with Crippen LogP contribution in [-0.2, 0) is 0 Å². The second kappa shape index (κ2) is 7.34. The molecule has 2 N–H and O–H groups in total. The molecule has 4 heteroatoms. The van der Waals surface area contributed by atoms with Gasteiger partial charge in [0.15, 0.2) is 0 Å². The van der Waals surface area contributed by atoms with E-state index < -0.39 is 0 Å². The highest BCUT2D eigenvalue weighted by Crippen LogP contribution is 2.29. The normalized spacial score (nSPS) is 18.5. The number of likely N-dealkylation sites (N-methyl/N-ethyl adjacent to an activating group) is 1. The molecule has 0 amide bonds. The van der Waals surface area contributed by atoms with Crippen molar-refractivity contribution < 1.29 is 0 Å². The summed E-state index contributed by atoms with van der Waals surface area (Å²) in [5.41, 5.74) is 7.66. The summed E-state index contributed by atoms with van der Waals surface area (Å²) in [5, 5.41) is 0. The van der Waals surface area contributed by atoms with Crippen LogP contribution < -0.4 is 10.6 Å². The first-order valence-electron chi connectivity index (χ1n) is 7.42. The number of nitrogens with two attached hydrogens (primary N) is 1. The summed E-state index contributed by atoms with van der Waals surface area (Å²) in [6, 6.07) is 10.7. The Morgan fingerprint density at radius 2 is 1.90 bits per heavy atom. The molecule has 3 nitrogen and oxygen atoms in total. The van der Waals surface area contributed by atoms with Crippen molar-refractivity contribution in [2.75, 3.05) is 50.1 Å². The van der Waals surface area contributed by atoms with E-state index in [4.69, 9.17) is 5.73 Å². The molecule has 0 aromatic heterocycles. The lowest BCUT2D eigenvalue weighted by Crippen LogP contribution is -2.58. The molecule has 1 heterocycles. The van der Waals surface area contributed by atoms with Gasteiger partial charge in [-0.1, -0.05) is 18.2 Å². The van der Waals surface area contributed by atoms with Gasteiger partial charge in [-0.05, 0) is 38.3 Å². The van der Waals surface area contributed by atoms with E-state index in [-0.39, 0.29) is 5.54 Å². The monoisotopic (exact) mass is 293 g/mol. The largest absolute Gasteiger partial charge is 0.371 e. The number of rotatable bonds is 6. The van der Waals surface area contributed by atoms with E-state index in [0.29, 0.717) is 0 Å². The van der Waals surface area contributed by atoms with Crippen molar-refractivity contribution in [1.82, 2.24) is 4.90 Å². The van der Waals surface area contributed by atoms with Gasteiger partial charge in [0.2, 0.25) is 0 Å². The molecule has 0 saturated carbocycles. The molecule has 1 saturated heterocycles. The van der Waals surface area contributed by atoms with Gasteiger partial charge >= 0.3 is 0 Å². The fourth-order valence-electron chi connectivity index (χ4n) is 3.03. The number of anilines is 1. The number of para-hydroxylation sites is 1. The summed E-state index contributed by atoms with van der Waals surface area (Å²) in [4.78, 5) is 4.97. The second-order valence-electron chi connectivity index (χ2n) is 5.67. The lowest BCUT2D eigenvalue weighted by molar-refractivity contribution is 0.104. The molecule has 112 valence electrons. The molecule has 2 rings (SSSR count). The maximum atomic E-state index is 6.13. The molecule has 1 aliphatic heterocycles. The van der Waals surface area contributed by atoms with Crippen molar-refractivity contribution in [2.24, 2.45) is 5.73 Å². The first-order valence-corrected chi connectivity index (χ1v) is 8.81. The summed E-state index contributed by atoms with van der Waals surface area (Å²) in [5.74, 6) is 1.18. The van der Waals surface area contributed by atoms with E-state index in [2.05, 4.69) is 53.4 Å². The fraction of sp³-hybridized carbons (Fsp3) is 0.625. The third-order valence-electron chi connectivity index (χ3n) is 4.64. The number of nitrogens with zero attached hydrogens (tertiary/aromatic N) is 2. The third kappa shape index (κ3) is 3.48. The van der Waals surface area contributed by atoms with Gasteiger partial charge < -0.3 is 10.6 Å². The van der Waals surface area contributed by atoms with Crippen LogP contribution in [-0.4, -0.2) is 55.7 Å². The van der Waals surface area contributed by atoms with Crippen molar-refractivity contribution in [3.63, 3.8) is 0 Å². The van der Waals surface area contributed by atoms with Crippen LogP contribution >= 0.6 is 11.8 Å². The minimum absolute atomic E-state index is 0.195. The van der Waals surface area contributed by atoms with Crippen LogP contribution in [0.5, 0.6) is 0 Å². The molecule has 1 aromatic carbocycles. The van der Waals surface area contributed by atoms with Crippen LogP contribution in [0.4, 0.5) is 5.69 Å². The molecule has 1 aliphatic rings. The Kier molecular flexibility index (Phi) is 5.75. The van der Waals surface area contributed by atoms with Crippen LogP contribution in [0, 0.1) is 0 Å². The van der Waals surface area contributed by atoms with Gasteiger partial charge in [-0.25, -0.2) is 0 Å². The van der Waals surface area contributed by atoms with Crippen LogP contribution in [0.1, 0.15) is 12.8 Å². The molecule has 1 fully saturated rings. The first kappa shape index (κ1) is 15.7. The summed E-state index contributed by atoms with van der Waals surface area (Å²) in [7, 11) is 2.24. The van der Waals surface area contributed by atoms with Crippen molar-refractivity contribution in [3.05, 3.63) is 30.3 Å². The van der Waals surface area contributed by atoms with E-state index in [0.717, 1.165) is 39.0 Å². The Balaban J connectivity index is 1.97. The molecule has 0 radical (unpaired) electrons. The van der Waals surface area contributed by atoms with Crippen molar-refractivity contribution >= 4 is 17.4 Å². The molecule has 0 unspecified atom stereocenters. The smallest absolute Gasteiger partial charge is 0.0366 e. The standard InChI is InChI=1S/C16H27N3S/c1-18(12-13-20-2)16(14-17)8-10-19(11-9-16)15-6-4-3-5-7-15/h3-7H,8-14,17H2,1-2H3. The number of thioether (sulfide) groups is 1. The maximum absolute atomic E-state index is 6.13. The van der Waals surface area contributed by atoms with Gasteiger partial charge in [-0.15, -0.1) is 0 Å². The summed E-state index contributed by atoms with van der Waals surface area (Å²) < 4.78 is 0. The van der Waals surface area contributed by atoms with E-state index >= 15 is 0 Å². The minimum Gasteiger partial charge on any atom is -0.371 e. The minimum atomic E-state index is 0.195. The first-order chi connectivity index (χ1) is 9.72. The van der Waals surface area contributed by atoms with E-state index in [1.165, 1.54) is 11.4 Å². The van der Waals surface area contributed by atoms with Gasteiger partial charge in [0.05, 0.1) is 0 Å². The number of benzene rings is 1. The molecule has 0 aliphatic carbocycles. The highest BCUT2D eigenvalue weighted by atomic mass is 32.2. The zero-order valence-corrected chi connectivity index (χ0v) is 13.5. The van der Waals surface area contributed by atoms with Crippen LogP contribution in [0.2, 0.25) is 0 Å². The molecule has 20 heavy (non-hydrogen) atoms. The highest BCUT2D eigenvalue weighted by molar-refractivity contribution is 7.98. The van der Waals surface area contributed by atoms with Crippen molar-refractivity contribution in [3.8, 4) is 0 Å². The second-order valence-corrected chi connectivity index (χ2v) is 6.65. The zero-order valence-electron chi connectivity index (χ0n) is 12.7. The summed E-state index contributed by atoms with van der Waals surface area (Å²) in [6.07, 6.45) is 4.48. The Bertz CT molecular complexity index is 388. The Labute approximate surface area is 127 Å². The lowest BCUT2D eigenvalue weighted by atomic mass is 9.85. The van der Waals surface area contributed by atoms with Gasteiger partial charge in [0.25, 0.3) is 0 Å². The molecule has 1 aromatic rings. The quantitative estimate of drug-likeness (QED) is 0.872. The van der Waals surface area contributed by atoms with E-state index in [9.17, 15) is 0 Å². The predicted molar refractivity (Wildman–Crippen MR) is 90.7 cm³/mol. The van der Waals surface area contributed by atoms with Gasteiger partial charge in [0.1, 0.15) is 0 Å². The van der Waals surface area contributed by atoms with Gasteiger partial charge in [-0.2, -0.15) is 11.8 Å². The Morgan fingerprint density at radius 1 is 1.25 bits per heavy atom. The van der Waals surface area contributed by atoms with Gasteiger partial charge in [-0.3, -0.25) is 4.90 Å². The molecular formula is C16H27N3S. The Hall–Kier alpha value is -0.710. The van der Waals surface area contributed by atoms with E-state index in [1.807, 2.05) is 11.8 Å². The topological polar surface area (TPSA) is 32.5 Å². The van der Waals surface area contributed by atoms with Gasteiger partial charge in [0, 0.05) is 43.2 Å². The van der Waals surface area contributed by atoms with Crippen LogP contribution in [0.3, 0.4) is 0 Å². The van der Waals surface area contributed by atoms with Crippen molar-refractivity contribution in [2.45, 2.75) is 18.4 Å².